The number of carbonyl (C=O) groups is 2. The summed E-state index contributed by atoms with van der Waals surface area (Å²) in [4.78, 5) is 27.7. The van der Waals surface area contributed by atoms with E-state index in [0.29, 0.717) is 29.7 Å². The summed E-state index contributed by atoms with van der Waals surface area (Å²) in [6, 6.07) is 19.8. The lowest BCUT2D eigenvalue weighted by atomic mass is 9.73. The Balaban J connectivity index is 1.47. The van der Waals surface area contributed by atoms with Crippen molar-refractivity contribution in [2.24, 2.45) is 0 Å². The molecule has 6 heteroatoms. The molecule has 0 spiro atoms. The Bertz CT molecular complexity index is 1280. The predicted octanol–water partition coefficient (Wildman–Crippen LogP) is 5.99. The Morgan fingerprint density at radius 1 is 1.06 bits per heavy atom. The van der Waals surface area contributed by atoms with E-state index in [4.69, 9.17) is 4.74 Å². The normalized spacial score (nSPS) is 20.1. The van der Waals surface area contributed by atoms with Gasteiger partial charge in [0.25, 0.3) is 0 Å². The van der Waals surface area contributed by atoms with Crippen molar-refractivity contribution < 1.29 is 18.7 Å². The van der Waals surface area contributed by atoms with Crippen LogP contribution in [0.25, 0.3) is 0 Å². The number of halogens is 1. The van der Waals surface area contributed by atoms with Gasteiger partial charge in [-0.15, -0.1) is 11.3 Å². The molecule has 4 nitrogen and oxygen atoms in total. The summed E-state index contributed by atoms with van der Waals surface area (Å²) in [5.74, 6) is -1.21. The van der Waals surface area contributed by atoms with Crippen LogP contribution in [0, 0.1) is 5.82 Å². The highest BCUT2D eigenvalue weighted by Crippen LogP contribution is 2.46. The van der Waals surface area contributed by atoms with E-state index >= 15 is 0 Å². The molecular formula is C28H24FNO3S. The molecule has 34 heavy (non-hydrogen) atoms. The zero-order valence-corrected chi connectivity index (χ0v) is 19.5. The number of carbonyl (C=O) groups excluding carboxylic acids is 2. The second-order valence-electron chi connectivity index (χ2n) is 8.65. The SMILES string of the molecule is CC1=C(C(=O)OCc2ccccc2)[C@H](c2cccs2)C2=C(C[C@H](c3ccc(F)cc3)CC2=O)N1. The Kier molecular flexibility index (Phi) is 6.16. The topological polar surface area (TPSA) is 55.4 Å². The number of hydrogen-bond acceptors (Lipinski definition) is 5. The first kappa shape index (κ1) is 22.3. The van der Waals surface area contributed by atoms with Crippen LogP contribution < -0.4 is 5.32 Å². The summed E-state index contributed by atoms with van der Waals surface area (Å²) in [5, 5.41) is 5.30. The number of dihydropyridines is 1. The highest BCUT2D eigenvalue weighted by molar-refractivity contribution is 7.10. The highest BCUT2D eigenvalue weighted by Gasteiger charge is 2.41. The molecule has 0 radical (unpaired) electrons. The van der Waals surface area contributed by atoms with E-state index in [1.165, 1.54) is 23.5 Å². The fraction of sp³-hybridized carbons (Fsp3) is 0.214. The van der Waals surface area contributed by atoms with Gasteiger partial charge in [-0.05, 0) is 54.0 Å². The minimum Gasteiger partial charge on any atom is -0.457 e. The maximum atomic E-state index is 13.5. The van der Waals surface area contributed by atoms with Crippen LogP contribution >= 0.6 is 11.3 Å². The van der Waals surface area contributed by atoms with Gasteiger partial charge in [0, 0.05) is 28.3 Å². The van der Waals surface area contributed by atoms with E-state index in [2.05, 4.69) is 5.32 Å². The van der Waals surface area contributed by atoms with Crippen molar-refractivity contribution in [3.05, 3.63) is 116 Å². The van der Waals surface area contributed by atoms with Gasteiger partial charge in [-0.25, -0.2) is 9.18 Å². The molecule has 2 heterocycles. The minimum atomic E-state index is -0.457. The first-order valence-corrected chi connectivity index (χ1v) is 12.1. The number of ether oxygens (including phenoxy) is 1. The predicted molar refractivity (Wildman–Crippen MR) is 130 cm³/mol. The molecule has 2 aromatic carbocycles. The van der Waals surface area contributed by atoms with Gasteiger partial charge in [0.1, 0.15) is 12.4 Å². The van der Waals surface area contributed by atoms with Crippen LogP contribution in [0.5, 0.6) is 0 Å². The van der Waals surface area contributed by atoms with E-state index in [0.717, 1.165) is 21.7 Å². The van der Waals surface area contributed by atoms with E-state index < -0.39 is 11.9 Å². The summed E-state index contributed by atoms with van der Waals surface area (Å²) >= 11 is 1.53. The zero-order valence-electron chi connectivity index (χ0n) is 18.7. The van der Waals surface area contributed by atoms with Crippen molar-refractivity contribution in [3.8, 4) is 0 Å². The number of benzene rings is 2. The van der Waals surface area contributed by atoms with Crippen LogP contribution in [0.2, 0.25) is 0 Å². The van der Waals surface area contributed by atoms with Crippen LogP contribution in [0.15, 0.2) is 94.7 Å². The Labute approximate surface area is 201 Å². The fourth-order valence-electron chi connectivity index (χ4n) is 4.82. The molecule has 3 aromatic rings. The van der Waals surface area contributed by atoms with Gasteiger partial charge in [0.15, 0.2) is 5.78 Å². The first-order chi connectivity index (χ1) is 16.5. The van der Waals surface area contributed by atoms with Gasteiger partial charge in [-0.1, -0.05) is 48.5 Å². The number of nitrogens with one attached hydrogen (secondary N) is 1. The third-order valence-corrected chi connectivity index (χ3v) is 7.37. The van der Waals surface area contributed by atoms with Gasteiger partial charge in [0.05, 0.1) is 11.5 Å². The summed E-state index contributed by atoms with van der Waals surface area (Å²) in [6.45, 7) is 2.02. The maximum Gasteiger partial charge on any atom is 0.337 e. The average Bonchev–Trinajstić information content (AvgIpc) is 3.37. The zero-order chi connectivity index (χ0) is 23.7. The number of thiophene rings is 1. The maximum absolute atomic E-state index is 13.5. The van der Waals surface area contributed by atoms with E-state index in [9.17, 15) is 14.0 Å². The van der Waals surface area contributed by atoms with Crippen LogP contribution in [0.1, 0.15) is 47.6 Å². The van der Waals surface area contributed by atoms with Crippen molar-refractivity contribution in [1.29, 1.82) is 0 Å². The number of esters is 1. The number of hydrogen-bond donors (Lipinski definition) is 1. The summed E-state index contributed by atoms with van der Waals surface area (Å²) < 4.78 is 19.1. The van der Waals surface area contributed by atoms with E-state index in [1.54, 1.807) is 12.1 Å². The molecule has 0 saturated heterocycles. The van der Waals surface area contributed by atoms with Crippen LogP contribution in [-0.4, -0.2) is 11.8 Å². The lowest BCUT2D eigenvalue weighted by molar-refractivity contribution is -0.140. The first-order valence-electron chi connectivity index (χ1n) is 11.2. The third kappa shape index (κ3) is 4.33. The van der Waals surface area contributed by atoms with Crippen LogP contribution in [0.3, 0.4) is 0 Å². The van der Waals surface area contributed by atoms with Gasteiger partial charge >= 0.3 is 5.97 Å². The molecule has 0 bridgehead atoms. The van der Waals surface area contributed by atoms with Gasteiger partial charge in [-0.2, -0.15) is 0 Å². The molecule has 2 atom stereocenters. The lowest BCUT2D eigenvalue weighted by Crippen LogP contribution is -2.35. The van der Waals surface area contributed by atoms with Crippen molar-refractivity contribution in [2.75, 3.05) is 0 Å². The third-order valence-electron chi connectivity index (χ3n) is 6.43. The lowest BCUT2D eigenvalue weighted by Gasteiger charge is -2.36. The van der Waals surface area contributed by atoms with Crippen LogP contribution in [0.4, 0.5) is 4.39 Å². The Hall–Kier alpha value is -3.51. The summed E-state index contributed by atoms with van der Waals surface area (Å²) in [6.07, 6.45) is 0.942. The summed E-state index contributed by atoms with van der Waals surface area (Å²) in [5.41, 5.74) is 4.49. The molecule has 5 rings (SSSR count). The van der Waals surface area contributed by atoms with Crippen LogP contribution in [-0.2, 0) is 20.9 Å². The van der Waals surface area contributed by atoms with Crippen molar-refractivity contribution in [1.82, 2.24) is 5.32 Å². The molecule has 0 saturated carbocycles. The van der Waals surface area contributed by atoms with Gasteiger partial charge < -0.3 is 10.1 Å². The Morgan fingerprint density at radius 2 is 1.82 bits per heavy atom. The molecule has 1 aromatic heterocycles. The van der Waals surface area contributed by atoms with Gasteiger partial charge in [-0.3, -0.25) is 4.79 Å². The minimum absolute atomic E-state index is 0.00216. The fourth-order valence-corrected chi connectivity index (χ4v) is 5.66. The molecule has 0 amide bonds. The van der Waals surface area contributed by atoms with Crippen molar-refractivity contribution >= 4 is 23.1 Å². The molecule has 1 aliphatic carbocycles. The van der Waals surface area contributed by atoms with Crippen molar-refractivity contribution in [3.63, 3.8) is 0 Å². The smallest absolute Gasteiger partial charge is 0.337 e. The molecule has 0 unspecified atom stereocenters. The molecule has 0 fully saturated rings. The summed E-state index contributed by atoms with van der Waals surface area (Å²) in [7, 11) is 0. The standard InChI is InChI=1S/C28H24FNO3S/c1-17-25(28(32)33-16-18-6-3-2-4-7-18)27(24-8-5-13-34-24)26-22(30-17)14-20(15-23(26)31)19-9-11-21(29)12-10-19/h2-13,20,27,30H,14-16H2,1H3/t20-,27-/m0/s1. The van der Waals surface area contributed by atoms with Crippen molar-refractivity contribution in [2.45, 2.75) is 38.2 Å². The largest absolute Gasteiger partial charge is 0.457 e. The quantitative estimate of drug-likeness (QED) is 0.463. The average molecular weight is 474 g/mol. The number of allylic oxidation sites excluding steroid dienone is 3. The highest BCUT2D eigenvalue weighted by atomic mass is 32.1. The number of ketones is 1. The van der Waals surface area contributed by atoms with E-state index in [1.807, 2.05) is 54.8 Å². The second kappa shape index (κ2) is 9.39. The molecular weight excluding hydrogens is 449 g/mol. The van der Waals surface area contributed by atoms with Gasteiger partial charge in [0.2, 0.25) is 0 Å². The Morgan fingerprint density at radius 3 is 2.53 bits per heavy atom. The second-order valence-corrected chi connectivity index (χ2v) is 9.63. The molecule has 2 aliphatic rings. The van der Waals surface area contributed by atoms with E-state index in [-0.39, 0.29) is 24.1 Å². The molecule has 172 valence electrons. The monoisotopic (exact) mass is 473 g/mol. The number of rotatable bonds is 5. The molecule has 1 aliphatic heterocycles. The number of Topliss-reactive ketones (excluding diaryl/α,β-unsaturated/α-hetero) is 1. The molecule has 1 N–H and O–H groups in total.